The molecule has 1 atom stereocenters. The number of aryl methyl sites for hydroxylation is 3. The summed E-state index contributed by atoms with van der Waals surface area (Å²) < 4.78 is 2.05. The molecule has 3 heterocycles. The molecule has 0 aliphatic carbocycles. The Balaban J connectivity index is 1.60. The Morgan fingerprint density at radius 3 is 3.00 bits per heavy atom. The fourth-order valence-corrected chi connectivity index (χ4v) is 3.95. The lowest BCUT2D eigenvalue weighted by molar-refractivity contribution is -0.132. The van der Waals surface area contributed by atoms with Gasteiger partial charge in [0.15, 0.2) is 0 Å². The van der Waals surface area contributed by atoms with Gasteiger partial charge in [0.1, 0.15) is 0 Å². The largest absolute Gasteiger partial charge is 0.338 e. The van der Waals surface area contributed by atoms with Gasteiger partial charge >= 0.3 is 0 Å². The minimum atomic E-state index is 0.289. The van der Waals surface area contributed by atoms with Crippen molar-refractivity contribution in [2.75, 3.05) is 6.54 Å². The fourth-order valence-electron chi connectivity index (χ4n) is 3.24. The molecule has 1 aliphatic rings. The third-order valence-electron chi connectivity index (χ3n) is 4.35. The average molecular weight is 317 g/mol. The van der Waals surface area contributed by atoms with Crippen LogP contribution in [0.25, 0.3) is 0 Å². The van der Waals surface area contributed by atoms with Gasteiger partial charge in [-0.3, -0.25) is 9.48 Å². The summed E-state index contributed by atoms with van der Waals surface area (Å²) in [4.78, 5) is 15.9. The molecule has 4 nitrogen and oxygen atoms in total. The maximum absolute atomic E-state index is 12.5. The lowest BCUT2D eigenvalue weighted by atomic mass is 10.2. The van der Waals surface area contributed by atoms with Crippen molar-refractivity contribution in [3.63, 3.8) is 0 Å². The van der Waals surface area contributed by atoms with Crippen molar-refractivity contribution < 1.29 is 4.79 Å². The van der Waals surface area contributed by atoms with Gasteiger partial charge in [0, 0.05) is 23.5 Å². The molecule has 1 amide bonds. The Hall–Kier alpha value is -1.62. The highest BCUT2D eigenvalue weighted by molar-refractivity contribution is 7.09. The van der Waals surface area contributed by atoms with Gasteiger partial charge in [-0.2, -0.15) is 5.10 Å². The van der Waals surface area contributed by atoms with Gasteiger partial charge in [0.25, 0.3) is 0 Å². The molecule has 118 valence electrons. The normalized spacial score (nSPS) is 18.1. The van der Waals surface area contributed by atoms with E-state index < -0.39 is 0 Å². The first-order valence-electron chi connectivity index (χ1n) is 7.96. The minimum absolute atomic E-state index is 0.289. The van der Waals surface area contributed by atoms with E-state index in [9.17, 15) is 4.79 Å². The van der Waals surface area contributed by atoms with E-state index in [1.165, 1.54) is 10.6 Å². The number of likely N-dealkylation sites (tertiary alicyclic amines) is 1. The molecule has 0 saturated carbocycles. The van der Waals surface area contributed by atoms with Crippen molar-refractivity contribution in [1.29, 1.82) is 0 Å². The molecule has 0 unspecified atom stereocenters. The Morgan fingerprint density at radius 1 is 1.45 bits per heavy atom. The van der Waals surface area contributed by atoms with Crippen LogP contribution in [0.2, 0.25) is 0 Å². The lowest BCUT2D eigenvalue weighted by Gasteiger charge is -2.25. The van der Waals surface area contributed by atoms with Crippen LogP contribution in [0.4, 0.5) is 0 Å². The Morgan fingerprint density at radius 2 is 2.32 bits per heavy atom. The van der Waals surface area contributed by atoms with E-state index in [4.69, 9.17) is 0 Å². The van der Waals surface area contributed by atoms with E-state index in [1.54, 1.807) is 11.3 Å². The van der Waals surface area contributed by atoms with E-state index in [0.717, 1.165) is 38.0 Å². The number of aromatic nitrogens is 2. The first-order chi connectivity index (χ1) is 10.6. The molecule has 1 fully saturated rings. The fraction of sp³-hybridized carbons (Fsp3) is 0.529. The third kappa shape index (κ3) is 3.40. The first-order valence-corrected chi connectivity index (χ1v) is 8.84. The molecule has 0 N–H and O–H groups in total. The van der Waals surface area contributed by atoms with Crippen molar-refractivity contribution in [1.82, 2.24) is 14.7 Å². The van der Waals surface area contributed by atoms with Gasteiger partial charge in [-0.05, 0) is 50.6 Å². The molecule has 1 saturated heterocycles. The maximum atomic E-state index is 12.5. The van der Waals surface area contributed by atoms with Crippen molar-refractivity contribution in [2.45, 2.75) is 52.1 Å². The SMILES string of the molecule is Cc1cc(C)n(C[C@@H]2CCCN2C(=O)CCc2cccs2)n1. The predicted octanol–water partition coefficient (Wildman–Crippen LogP) is 3.19. The summed E-state index contributed by atoms with van der Waals surface area (Å²) in [5.74, 6) is 0.289. The van der Waals surface area contributed by atoms with Crippen LogP contribution in [0.5, 0.6) is 0 Å². The van der Waals surface area contributed by atoms with E-state index >= 15 is 0 Å². The quantitative estimate of drug-likeness (QED) is 0.849. The summed E-state index contributed by atoms with van der Waals surface area (Å²) in [6.45, 7) is 5.82. The van der Waals surface area contributed by atoms with E-state index in [2.05, 4.69) is 34.4 Å². The highest BCUT2D eigenvalue weighted by atomic mass is 32.1. The second kappa shape index (κ2) is 6.65. The van der Waals surface area contributed by atoms with Crippen molar-refractivity contribution >= 4 is 17.2 Å². The molecule has 2 aromatic rings. The number of nitrogens with zero attached hydrogens (tertiary/aromatic N) is 3. The second-order valence-electron chi connectivity index (χ2n) is 6.07. The summed E-state index contributed by atoms with van der Waals surface area (Å²) in [6, 6.07) is 6.55. The van der Waals surface area contributed by atoms with Crippen LogP contribution in [0, 0.1) is 13.8 Å². The molecular weight excluding hydrogens is 294 g/mol. The van der Waals surface area contributed by atoms with Crippen LogP contribution < -0.4 is 0 Å². The zero-order chi connectivity index (χ0) is 15.5. The zero-order valence-corrected chi connectivity index (χ0v) is 14.1. The minimum Gasteiger partial charge on any atom is -0.338 e. The van der Waals surface area contributed by atoms with Crippen molar-refractivity contribution in [3.8, 4) is 0 Å². The molecule has 2 aromatic heterocycles. The zero-order valence-electron chi connectivity index (χ0n) is 13.3. The van der Waals surface area contributed by atoms with Gasteiger partial charge in [0.2, 0.25) is 5.91 Å². The predicted molar refractivity (Wildman–Crippen MR) is 89.1 cm³/mol. The number of carbonyl (C=O) groups is 1. The summed E-state index contributed by atoms with van der Waals surface area (Å²) in [5.41, 5.74) is 2.22. The van der Waals surface area contributed by atoms with Gasteiger partial charge in [-0.1, -0.05) is 6.07 Å². The smallest absolute Gasteiger partial charge is 0.223 e. The summed E-state index contributed by atoms with van der Waals surface area (Å²) in [6.07, 6.45) is 3.67. The number of thiophene rings is 1. The van der Waals surface area contributed by atoms with E-state index in [-0.39, 0.29) is 5.91 Å². The van der Waals surface area contributed by atoms with Gasteiger partial charge in [-0.25, -0.2) is 0 Å². The van der Waals surface area contributed by atoms with Crippen LogP contribution in [0.3, 0.4) is 0 Å². The molecule has 0 spiro atoms. The molecule has 3 rings (SSSR count). The molecule has 0 bridgehead atoms. The van der Waals surface area contributed by atoms with Crippen molar-refractivity contribution in [2.24, 2.45) is 0 Å². The molecule has 1 aliphatic heterocycles. The van der Waals surface area contributed by atoms with Gasteiger partial charge in [0.05, 0.1) is 18.3 Å². The summed E-state index contributed by atoms with van der Waals surface area (Å²) in [5, 5.41) is 6.61. The highest BCUT2D eigenvalue weighted by Crippen LogP contribution is 2.21. The lowest BCUT2D eigenvalue weighted by Crippen LogP contribution is -2.38. The number of carbonyl (C=O) groups excluding carboxylic acids is 1. The van der Waals surface area contributed by atoms with Crippen LogP contribution in [0.1, 0.15) is 35.5 Å². The van der Waals surface area contributed by atoms with Crippen LogP contribution in [-0.4, -0.2) is 33.2 Å². The monoisotopic (exact) mass is 317 g/mol. The topological polar surface area (TPSA) is 38.1 Å². The van der Waals surface area contributed by atoms with Gasteiger partial charge < -0.3 is 4.90 Å². The molecule has 0 aromatic carbocycles. The number of hydrogen-bond donors (Lipinski definition) is 0. The first kappa shape index (κ1) is 15.3. The molecule has 5 heteroatoms. The second-order valence-corrected chi connectivity index (χ2v) is 7.10. The molecule has 22 heavy (non-hydrogen) atoms. The van der Waals surface area contributed by atoms with Crippen LogP contribution >= 0.6 is 11.3 Å². The molecular formula is C17H23N3OS. The average Bonchev–Trinajstić information content (AvgIpc) is 3.20. The highest BCUT2D eigenvalue weighted by Gasteiger charge is 2.29. The number of rotatable bonds is 5. The Kier molecular flexibility index (Phi) is 4.62. The summed E-state index contributed by atoms with van der Waals surface area (Å²) >= 11 is 1.73. The Bertz CT molecular complexity index is 632. The molecule has 0 radical (unpaired) electrons. The number of hydrogen-bond acceptors (Lipinski definition) is 3. The Labute approximate surface area is 135 Å². The van der Waals surface area contributed by atoms with E-state index in [0.29, 0.717) is 12.5 Å². The number of amides is 1. The van der Waals surface area contributed by atoms with Crippen molar-refractivity contribution in [3.05, 3.63) is 39.8 Å². The summed E-state index contributed by atoms with van der Waals surface area (Å²) in [7, 11) is 0. The van der Waals surface area contributed by atoms with Gasteiger partial charge in [-0.15, -0.1) is 11.3 Å². The van der Waals surface area contributed by atoms with E-state index in [1.807, 2.05) is 17.7 Å². The third-order valence-corrected chi connectivity index (χ3v) is 5.29. The van der Waals surface area contributed by atoms with Crippen LogP contribution in [-0.2, 0) is 17.8 Å². The maximum Gasteiger partial charge on any atom is 0.223 e. The van der Waals surface area contributed by atoms with Crippen LogP contribution in [0.15, 0.2) is 23.6 Å². The standard InChI is InChI=1S/C17H23N3OS/c1-13-11-14(2)20(18-13)12-15-5-3-9-19(15)17(21)8-7-16-6-4-10-22-16/h4,6,10-11,15H,3,5,7-9,12H2,1-2H3/t15-/m0/s1.